The molecule has 33 heavy (non-hydrogen) atoms. The maximum absolute atomic E-state index is 13.1. The van der Waals surface area contributed by atoms with Crippen molar-refractivity contribution in [2.24, 2.45) is 11.8 Å². The van der Waals surface area contributed by atoms with Crippen molar-refractivity contribution in [3.63, 3.8) is 0 Å². The van der Waals surface area contributed by atoms with Crippen LogP contribution in [0.2, 0.25) is 0 Å². The van der Waals surface area contributed by atoms with Gasteiger partial charge in [0, 0.05) is 49.4 Å². The highest BCUT2D eigenvalue weighted by Crippen LogP contribution is 2.49. The number of likely N-dealkylation sites (N-methyl/N-ethyl adjacent to an activating group) is 1. The molecule has 180 valence electrons. The Labute approximate surface area is 203 Å². The number of hydrogen-bond acceptors (Lipinski definition) is 5. The molecular formula is C27H39N3O2S. The molecule has 1 aromatic carbocycles. The van der Waals surface area contributed by atoms with Gasteiger partial charge in [-0.1, -0.05) is 38.5 Å². The minimum atomic E-state index is -0.00134. The fourth-order valence-electron chi connectivity index (χ4n) is 4.71. The van der Waals surface area contributed by atoms with Gasteiger partial charge in [-0.3, -0.25) is 9.69 Å². The maximum Gasteiger partial charge on any atom is 0.224 e. The van der Waals surface area contributed by atoms with Crippen LogP contribution in [0.4, 0.5) is 0 Å². The van der Waals surface area contributed by atoms with Crippen LogP contribution < -0.4 is 10.1 Å². The molecule has 1 aromatic heterocycles. The Bertz CT molecular complexity index is 862. The second-order valence-corrected chi connectivity index (χ2v) is 10.9. The zero-order valence-electron chi connectivity index (χ0n) is 20.3. The van der Waals surface area contributed by atoms with E-state index in [9.17, 15) is 4.79 Å². The molecule has 0 spiro atoms. The highest BCUT2D eigenvalue weighted by atomic mass is 32.1. The van der Waals surface area contributed by atoms with E-state index in [0.29, 0.717) is 11.8 Å². The quantitative estimate of drug-likeness (QED) is 0.515. The van der Waals surface area contributed by atoms with Crippen LogP contribution in [-0.2, 0) is 4.79 Å². The van der Waals surface area contributed by atoms with E-state index < -0.39 is 0 Å². The Morgan fingerprint density at radius 1 is 1.18 bits per heavy atom. The van der Waals surface area contributed by atoms with Crippen LogP contribution in [0.25, 0.3) is 0 Å². The average molecular weight is 470 g/mol. The molecule has 1 aliphatic heterocycles. The SMILES string of the molecule is CCCC(C)COc1ccc(C(CN2CCN(C)CC2)NC(=O)C2CC2c2cccs2)cc1. The van der Waals surface area contributed by atoms with Crippen LogP contribution in [0.15, 0.2) is 41.8 Å². The molecule has 0 radical (unpaired) electrons. The molecule has 2 aromatic rings. The molecule has 2 aliphatic rings. The summed E-state index contributed by atoms with van der Waals surface area (Å²) in [4.78, 5) is 19.3. The van der Waals surface area contributed by atoms with Gasteiger partial charge in [0.25, 0.3) is 0 Å². The Morgan fingerprint density at radius 2 is 1.94 bits per heavy atom. The third-order valence-electron chi connectivity index (χ3n) is 6.99. The van der Waals surface area contributed by atoms with Crippen molar-refractivity contribution in [1.82, 2.24) is 15.1 Å². The fourth-order valence-corrected chi connectivity index (χ4v) is 5.62. The molecule has 1 saturated carbocycles. The molecule has 1 saturated heterocycles. The van der Waals surface area contributed by atoms with Crippen LogP contribution in [0.3, 0.4) is 0 Å². The summed E-state index contributed by atoms with van der Waals surface area (Å²) in [6.07, 6.45) is 3.34. The van der Waals surface area contributed by atoms with Crippen LogP contribution >= 0.6 is 11.3 Å². The van der Waals surface area contributed by atoms with E-state index in [1.54, 1.807) is 11.3 Å². The van der Waals surface area contributed by atoms with E-state index in [1.165, 1.54) is 17.7 Å². The number of rotatable bonds is 11. The molecular weight excluding hydrogens is 430 g/mol. The van der Waals surface area contributed by atoms with Crippen molar-refractivity contribution in [1.29, 1.82) is 0 Å². The number of piperazine rings is 1. The van der Waals surface area contributed by atoms with Crippen molar-refractivity contribution in [3.8, 4) is 5.75 Å². The van der Waals surface area contributed by atoms with E-state index in [4.69, 9.17) is 4.74 Å². The van der Waals surface area contributed by atoms with Gasteiger partial charge in [0.05, 0.1) is 12.6 Å². The summed E-state index contributed by atoms with van der Waals surface area (Å²) in [5.74, 6) is 2.18. The molecule has 1 amide bonds. The summed E-state index contributed by atoms with van der Waals surface area (Å²) in [7, 11) is 2.18. The fraction of sp³-hybridized carbons (Fsp3) is 0.593. The van der Waals surface area contributed by atoms with Crippen LogP contribution in [-0.4, -0.2) is 62.1 Å². The van der Waals surface area contributed by atoms with Gasteiger partial charge < -0.3 is 15.0 Å². The minimum absolute atomic E-state index is 0.00134. The number of hydrogen-bond donors (Lipinski definition) is 1. The lowest BCUT2D eigenvalue weighted by Crippen LogP contribution is -2.48. The lowest BCUT2D eigenvalue weighted by Gasteiger charge is -2.35. The predicted octanol–water partition coefficient (Wildman–Crippen LogP) is 4.77. The van der Waals surface area contributed by atoms with Gasteiger partial charge in [-0.2, -0.15) is 0 Å². The first kappa shape index (κ1) is 24.2. The van der Waals surface area contributed by atoms with Crippen molar-refractivity contribution in [2.75, 3.05) is 46.4 Å². The summed E-state index contributed by atoms with van der Waals surface area (Å²) < 4.78 is 6.00. The standard InChI is InChI=1S/C27H39N3O2S/c1-4-6-20(2)19-32-22-10-8-21(9-11-22)25(18-30-14-12-29(3)13-15-30)28-27(31)24-17-23(24)26-7-5-16-33-26/h5,7-11,16,20,23-25H,4,6,12-15,17-19H2,1-3H3,(H,28,31). The third kappa shape index (κ3) is 6.81. The van der Waals surface area contributed by atoms with E-state index >= 15 is 0 Å². The molecule has 1 N–H and O–H groups in total. The maximum atomic E-state index is 13.1. The van der Waals surface area contributed by atoms with E-state index in [2.05, 4.69) is 77.8 Å². The van der Waals surface area contributed by atoms with Crippen LogP contribution in [0.5, 0.6) is 5.75 Å². The van der Waals surface area contributed by atoms with Gasteiger partial charge in [-0.25, -0.2) is 0 Å². The van der Waals surface area contributed by atoms with E-state index in [1.807, 2.05) is 0 Å². The van der Waals surface area contributed by atoms with Crippen molar-refractivity contribution in [3.05, 3.63) is 52.2 Å². The van der Waals surface area contributed by atoms with Crippen LogP contribution in [0, 0.1) is 11.8 Å². The Morgan fingerprint density at radius 3 is 2.61 bits per heavy atom. The Kier molecular flexibility index (Phi) is 8.45. The van der Waals surface area contributed by atoms with Crippen molar-refractivity contribution >= 4 is 17.2 Å². The van der Waals surface area contributed by atoms with Crippen LogP contribution in [0.1, 0.15) is 55.5 Å². The molecule has 2 fully saturated rings. The van der Waals surface area contributed by atoms with Gasteiger partial charge in [0.15, 0.2) is 0 Å². The van der Waals surface area contributed by atoms with Crippen molar-refractivity contribution < 1.29 is 9.53 Å². The molecule has 1 aliphatic carbocycles. The first-order valence-electron chi connectivity index (χ1n) is 12.5. The van der Waals surface area contributed by atoms with Gasteiger partial charge >= 0.3 is 0 Å². The first-order valence-corrected chi connectivity index (χ1v) is 13.4. The Hall–Kier alpha value is -1.89. The highest BCUT2D eigenvalue weighted by molar-refractivity contribution is 7.10. The van der Waals surface area contributed by atoms with Gasteiger partial charge in [-0.05, 0) is 54.9 Å². The largest absolute Gasteiger partial charge is 0.493 e. The van der Waals surface area contributed by atoms with E-state index in [0.717, 1.165) is 57.1 Å². The zero-order chi connectivity index (χ0) is 23.2. The number of carbonyl (C=O) groups is 1. The third-order valence-corrected chi connectivity index (χ3v) is 7.99. The number of carbonyl (C=O) groups excluding carboxylic acids is 1. The topological polar surface area (TPSA) is 44.8 Å². The number of nitrogens with one attached hydrogen (secondary N) is 1. The molecule has 6 heteroatoms. The van der Waals surface area contributed by atoms with E-state index in [-0.39, 0.29) is 17.9 Å². The summed E-state index contributed by atoms with van der Waals surface area (Å²) >= 11 is 1.76. The number of ether oxygens (including phenoxy) is 1. The molecule has 0 bridgehead atoms. The molecule has 2 heterocycles. The summed E-state index contributed by atoms with van der Waals surface area (Å²) in [6.45, 7) is 10.3. The molecule has 4 atom stereocenters. The number of nitrogens with zero attached hydrogens (tertiary/aromatic N) is 2. The average Bonchev–Trinajstić information content (AvgIpc) is 3.44. The second kappa shape index (κ2) is 11.5. The number of benzene rings is 1. The highest BCUT2D eigenvalue weighted by Gasteiger charge is 2.45. The molecule has 4 unspecified atom stereocenters. The normalized spacial score (nSPS) is 23.1. The smallest absolute Gasteiger partial charge is 0.224 e. The number of amides is 1. The molecule has 4 rings (SSSR count). The van der Waals surface area contributed by atoms with Crippen molar-refractivity contribution in [2.45, 2.75) is 45.1 Å². The van der Waals surface area contributed by atoms with Gasteiger partial charge in [-0.15, -0.1) is 11.3 Å². The summed E-state index contributed by atoms with van der Waals surface area (Å²) in [5.41, 5.74) is 1.16. The first-order chi connectivity index (χ1) is 16.0. The minimum Gasteiger partial charge on any atom is -0.493 e. The van der Waals surface area contributed by atoms with Gasteiger partial charge in [0.1, 0.15) is 5.75 Å². The summed E-state index contributed by atoms with van der Waals surface area (Å²) in [5, 5.41) is 5.50. The van der Waals surface area contributed by atoms with Gasteiger partial charge in [0.2, 0.25) is 5.91 Å². The monoisotopic (exact) mass is 469 g/mol. The lowest BCUT2D eigenvalue weighted by molar-refractivity contribution is -0.123. The predicted molar refractivity (Wildman–Crippen MR) is 136 cm³/mol. The Balaban J connectivity index is 1.39. The second-order valence-electron chi connectivity index (χ2n) is 9.90. The lowest BCUT2D eigenvalue weighted by atomic mass is 10.0. The summed E-state index contributed by atoms with van der Waals surface area (Å²) in [6, 6.07) is 12.6. The number of thiophene rings is 1. The zero-order valence-corrected chi connectivity index (χ0v) is 21.2. The molecule has 5 nitrogen and oxygen atoms in total.